The molecule has 2 rings (SSSR count). The maximum absolute atomic E-state index is 12.1. The van der Waals surface area contributed by atoms with Gasteiger partial charge in [0.2, 0.25) is 0 Å². The van der Waals surface area contributed by atoms with Crippen molar-refractivity contribution in [1.29, 1.82) is 0 Å². The molecule has 0 unspecified atom stereocenters. The minimum Gasteiger partial charge on any atom is -0.497 e. The van der Waals surface area contributed by atoms with Crippen LogP contribution >= 0.6 is 0 Å². The Balaban J connectivity index is 2.23. The van der Waals surface area contributed by atoms with E-state index in [-0.39, 0.29) is 11.5 Å². The SMILES string of the molecule is COc1ccc(C(=O)Nc2cn(C)c(=O)cc2C)cc1. The van der Waals surface area contributed by atoms with Crippen LogP contribution in [0, 0.1) is 6.92 Å². The van der Waals surface area contributed by atoms with E-state index in [9.17, 15) is 9.59 Å². The highest BCUT2D eigenvalue weighted by molar-refractivity contribution is 6.04. The van der Waals surface area contributed by atoms with Crippen LogP contribution in [0.4, 0.5) is 5.69 Å². The number of aryl methyl sites for hydroxylation is 2. The molecule has 0 radical (unpaired) electrons. The Morgan fingerprint density at radius 2 is 1.90 bits per heavy atom. The second-order valence-corrected chi connectivity index (χ2v) is 4.50. The van der Waals surface area contributed by atoms with Crippen molar-refractivity contribution in [2.24, 2.45) is 7.05 Å². The number of nitrogens with zero attached hydrogens (tertiary/aromatic N) is 1. The molecule has 2 aromatic rings. The van der Waals surface area contributed by atoms with Gasteiger partial charge in [-0.3, -0.25) is 9.59 Å². The van der Waals surface area contributed by atoms with Crippen molar-refractivity contribution < 1.29 is 9.53 Å². The topological polar surface area (TPSA) is 60.3 Å². The third-order valence-electron chi connectivity index (χ3n) is 3.04. The largest absolute Gasteiger partial charge is 0.497 e. The number of anilines is 1. The zero-order chi connectivity index (χ0) is 14.7. The number of nitrogens with one attached hydrogen (secondary N) is 1. The van der Waals surface area contributed by atoms with Gasteiger partial charge in [0.05, 0.1) is 12.8 Å². The molecule has 0 fully saturated rings. The number of methoxy groups -OCH3 is 1. The van der Waals surface area contributed by atoms with Crippen LogP contribution in [0.3, 0.4) is 0 Å². The molecule has 0 atom stereocenters. The van der Waals surface area contributed by atoms with Gasteiger partial charge in [0.1, 0.15) is 5.75 Å². The van der Waals surface area contributed by atoms with Crippen molar-refractivity contribution in [2.45, 2.75) is 6.92 Å². The molecule has 0 bridgehead atoms. The van der Waals surface area contributed by atoms with Gasteiger partial charge in [-0.1, -0.05) is 0 Å². The highest BCUT2D eigenvalue weighted by Gasteiger charge is 2.09. The van der Waals surface area contributed by atoms with Gasteiger partial charge in [0, 0.05) is 24.9 Å². The molecular weight excluding hydrogens is 256 g/mol. The zero-order valence-electron chi connectivity index (χ0n) is 11.6. The summed E-state index contributed by atoms with van der Waals surface area (Å²) in [5.41, 5.74) is 1.77. The molecule has 1 amide bonds. The van der Waals surface area contributed by atoms with Crippen LogP contribution in [0.2, 0.25) is 0 Å². The summed E-state index contributed by atoms with van der Waals surface area (Å²) < 4.78 is 6.47. The zero-order valence-corrected chi connectivity index (χ0v) is 11.6. The lowest BCUT2D eigenvalue weighted by Crippen LogP contribution is -2.19. The second-order valence-electron chi connectivity index (χ2n) is 4.50. The van der Waals surface area contributed by atoms with Gasteiger partial charge in [-0.05, 0) is 36.8 Å². The summed E-state index contributed by atoms with van der Waals surface area (Å²) in [6.45, 7) is 1.78. The molecule has 0 aliphatic heterocycles. The highest BCUT2D eigenvalue weighted by Crippen LogP contribution is 2.15. The molecule has 0 aliphatic carbocycles. The molecule has 20 heavy (non-hydrogen) atoms. The number of carbonyl (C=O) groups excluding carboxylic acids is 1. The van der Waals surface area contributed by atoms with Gasteiger partial charge in [0.15, 0.2) is 0 Å². The van der Waals surface area contributed by atoms with Crippen molar-refractivity contribution in [1.82, 2.24) is 4.57 Å². The molecule has 0 saturated heterocycles. The van der Waals surface area contributed by atoms with E-state index in [0.29, 0.717) is 17.0 Å². The fourth-order valence-corrected chi connectivity index (χ4v) is 1.79. The van der Waals surface area contributed by atoms with Gasteiger partial charge in [-0.15, -0.1) is 0 Å². The van der Waals surface area contributed by atoms with Crippen LogP contribution in [-0.4, -0.2) is 17.6 Å². The first-order chi connectivity index (χ1) is 9.51. The van der Waals surface area contributed by atoms with E-state index in [0.717, 1.165) is 5.56 Å². The van der Waals surface area contributed by atoms with E-state index in [1.807, 2.05) is 0 Å². The standard InChI is InChI=1S/C15H16N2O3/c1-10-8-14(18)17(2)9-13(10)16-15(19)11-4-6-12(20-3)7-5-11/h4-9H,1-3H3,(H,16,19). The van der Waals surface area contributed by atoms with Crippen LogP contribution in [0.25, 0.3) is 0 Å². The average Bonchev–Trinajstić information content (AvgIpc) is 2.44. The molecule has 1 aromatic heterocycles. The number of carbonyl (C=O) groups is 1. The molecule has 0 spiro atoms. The van der Waals surface area contributed by atoms with Gasteiger partial charge >= 0.3 is 0 Å². The Kier molecular flexibility index (Phi) is 3.89. The first-order valence-electron chi connectivity index (χ1n) is 6.14. The number of pyridine rings is 1. The summed E-state index contributed by atoms with van der Waals surface area (Å²) in [6, 6.07) is 8.31. The third kappa shape index (κ3) is 2.88. The maximum Gasteiger partial charge on any atom is 0.255 e. The summed E-state index contributed by atoms with van der Waals surface area (Å²) in [5, 5.41) is 2.79. The summed E-state index contributed by atoms with van der Waals surface area (Å²) in [5.74, 6) is 0.467. The normalized spacial score (nSPS) is 10.2. The van der Waals surface area contributed by atoms with Crippen LogP contribution in [0.15, 0.2) is 41.3 Å². The Labute approximate surface area is 116 Å². The fraction of sp³-hybridized carbons (Fsp3) is 0.200. The van der Waals surface area contributed by atoms with Crippen molar-refractivity contribution in [3.63, 3.8) is 0 Å². The van der Waals surface area contributed by atoms with Crippen molar-refractivity contribution in [3.8, 4) is 5.75 Å². The molecule has 0 aliphatic rings. The Morgan fingerprint density at radius 1 is 1.25 bits per heavy atom. The third-order valence-corrected chi connectivity index (χ3v) is 3.04. The quantitative estimate of drug-likeness (QED) is 0.929. The minimum atomic E-state index is -0.227. The smallest absolute Gasteiger partial charge is 0.255 e. The van der Waals surface area contributed by atoms with Crippen LogP contribution in [0.5, 0.6) is 5.75 Å². The number of hydrogen-bond donors (Lipinski definition) is 1. The number of ether oxygens (including phenoxy) is 1. The lowest BCUT2D eigenvalue weighted by Gasteiger charge is -2.10. The van der Waals surface area contributed by atoms with E-state index < -0.39 is 0 Å². The second kappa shape index (κ2) is 5.61. The molecule has 5 heteroatoms. The Bertz CT molecular complexity index is 687. The minimum absolute atomic E-state index is 0.107. The average molecular weight is 272 g/mol. The molecule has 1 heterocycles. The van der Waals surface area contributed by atoms with E-state index in [2.05, 4.69) is 5.32 Å². The summed E-state index contributed by atoms with van der Waals surface area (Å²) in [4.78, 5) is 23.6. The van der Waals surface area contributed by atoms with Gasteiger partial charge < -0.3 is 14.6 Å². The van der Waals surface area contributed by atoms with Crippen LogP contribution in [0.1, 0.15) is 15.9 Å². The first-order valence-corrected chi connectivity index (χ1v) is 6.14. The van der Waals surface area contributed by atoms with E-state index in [4.69, 9.17) is 4.74 Å². The van der Waals surface area contributed by atoms with E-state index in [1.165, 1.54) is 10.6 Å². The highest BCUT2D eigenvalue weighted by atomic mass is 16.5. The number of benzene rings is 1. The van der Waals surface area contributed by atoms with E-state index in [1.54, 1.807) is 51.5 Å². The lowest BCUT2D eigenvalue weighted by molar-refractivity contribution is 0.102. The predicted molar refractivity (Wildman–Crippen MR) is 77.4 cm³/mol. The molecule has 1 N–H and O–H groups in total. The molecular formula is C15H16N2O3. The fourth-order valence-electron chi connectivity index (χ4n) is 1.79. The Morgan fingerprint density at radius 3 is 2.50 bits per heavy atom. The summed E-state index contributed by atoms with van der Waals surface area (Å²) >= 11 is 0. The summed E-state index contributed by atoms with van der Waals surface area (Å²) in [7, 11) is 3.22. The number of amides is 1. The van der Waals surface area contributed by atoms with Crippen LogP contribution in [-0.2, 0) is 7.05 Å². The first kappa shape index (κ1) is 13.9. The number of hydrogen-bond acceptors (Lipinski definition) is 3. The van der Waals surface area contributed by atoms with E-state index >= 15 is 0 Å². The van der Waals surface area contributed by atoms with Gasteiger partial charge in [0.25, 0.3) is 11.5 Å². The molecule has 1 aromatic carbocycles. The van der Waals surface area contributed by atoms with Crippen molar-refractivity contribution in [3.05, 3.63) is 58.0 Å². The molecule has 104 valence electrons. The maximum atomic E-state index is 12.1. The number of aromatic nitrogens is 1. The monoisotopic (exact) mass is 272 g/mol. The molecule has 0 saturated carbocycles. The van der Waals surface area contributed by atoms with Gasteiger partial charge in [-0.25, -0.2) is 0 Å². The van der Waals surface area contributed by atoms with Crippen LogP contribution < -0.4 is 15.6 Å². The number of rotatable bonds is 3. The van der Waals surface area contributed by atoms with Gasteiger partial charge in [-0.2, -0.15) is 0 Å². The summed E-state index contributed by atoms with van der Waals surface area (Å²) in [6.07, 6.45) is 1.61. The Hall–Kier alpha value is -2.56. The molecule has 5 nitrogen and oxygen atoms in total. The lowest BCUT2D eigenvalue weighted by atomic mass is 10.2. The predicted octanol–water partition coefficient (Wildman–Crippen LogP) is 1.95. The van der Waals surface area contributed by atoms with Crippen molar-refractivity contribution in [2.75, 3.05) is 12.4 Å². The van der Waals surface area contributed by atoms with Crippen molar-refractivity contribution >= 4 is 11.6 Å².